The van der Waals surface area contributed by atoms with Gasteiger partial charge in [-0.15, -0.1) is 48.3 Å². The molecule has 0 atom stereocenters. The fourth-order valence-electron chi connectivity index (χ4n) is 13.3. The molecule has 0 amide bonds. The molecule has 0 N–H and O–H groups in total. The molecule has 7 heteroatoms. The maximum Gasteiger partial charge on any atom is 0.135 e. The Kier molecular flexibility index (Phi) is 16.2. The van der Waals surface area contributed by atoms with E-state index in [0.29, 0.717) is 17.3 Å². The predicted octanol–water partition coefficient (Wildman–Crippen LogP) is 24.6. The maximum absolute atomic E-state index is 9.06. The number of nitrogens with zero attached hydrogens (tertiary/aromatic N) is 4. The van der Waals surface area contributed by atoms with E-state index in [1.165, 1.54) is 50.1 Å². The summed E-state index contributed by atoms with van der Waals surface area (Å²) in [6.07, 6.45) is 0.193. The van der Waals surface area contributed by atoms with Crippen molar-refractivity contribution in [2.75, 3.05) is 9.80 Å². The fourth-order valence-corrected chi connectivity index (χ4v) is 13.3. The zero-order valence-corrected chi connectivity index (χ0v) is 60.1. The number of hydrogen-bond acceptors (Lipinski definition) is 5. The average molecular weight is 1410 g/mol. The molecule has 6 nitrogen and oxygen atoms in total. The number of fused-ring (bicyclic) bond motifs is 8. The monoisotopic (exact) mass is 1410 g/mol. The van der Waals surface area contributed by atoms with Gasteiger partial charge in [-0.2, -0.15) is 6.07 Å². The van der Waals surface area contributed by atoms with Crippen LogP contribution in [0, 0.1) is 18.8 Å². The van der Waals surface area contributed by atoms with Gasteiger partial charge in [0.05, 0.1) is 1.37 Å². The van der Waals surface area contributed by atoms with Crippen LogP contribution < -0.4 is 14.5 Å². The SMILES string of the molecule is [2H]c1cc(C(C)(C)C)cc(-n2c3[c-]c(Oc4[c-]c(N5[CH-]N(c6c(-c7cc(C(C)(C)C)cc(C(C)(C)C)c7)cccc6-c6cc(C(C)(C)C)cc(C(C)(C)C)c6)c6ccccc65)cc(-c5c(C(C)C)cccc5C(C)C)c4)ccc3c3c4oc5ccccc5c4ccc32)n1.[Pt]. The number of furan rings is 1. The van der Waals surface area contributed by atoms with Crippen LogP contribution in [0.1, 0.15) is 184 Å². The Morgan fingerprint density at radius 1 is 0.484 bits per heavy atom. The quantitative estimate of drug-likeness (QED) is 0.128. The molecule has 0 radical (unpaired) electrons. The summed E-state index contributed by atoms with van der Waals surface area (Å²) in [5.41, 5.74) is 22.3. The molecule has 12 aromatic rings. The molecule has 0 bridgehead atoms. The molecule has 0 saturated carbocycles. The summed E-state index contributed by atoms with van der Waals surface area (Å²) in [5, 5.41) is 3.97. The minimum atomic E-state index is -0.239. The van der Waals surface area contributed by atoms with Crippen molar-refractivity contribution < 1.29 is 31.6 Å². The number of aromatic nitrogens is 2. The van der Waals surface area contributed by atoms with Crippen LogP contribution in [0.2, 0.25) is 0 Å². The molecule has 4 heterocycles. The molecule has 0 aliphatic carbocycles. The first-order valence-corrected chi connectivity index (χ1v) is 33.0. The third-order valence-corrected chi connectivity index (χ3v) is 18.8. The predicted molar refractivity (Wildman–Crippen MR) is 389 cm³/mol. The molecule has 0 spiro atoms. The van der Waals surface area contributed by atoms with Crippen molar-refractivity contribution in [1.82, 2.24) is 9.55 Å². The van der Waals surface area contributed by atoms with Crippen molar-refractivity contribution in [2.45, 2.75) is 170 Å². The van der Waals surface area contributed by atoms with Gasteiger partial charge in [-0.1, -0.05) is 246 Å². The number of benzene rings is 9. The summed E-state index contributed by atoms with van der Waals surface area (Å²) in [4.78, 5) is 9.69. The minimum absolute atomic E-state index is 0. The number of hydrogen-bond donors (Lipinski definition) is 0. The second-order valence-electron chi connectivity index (χ2n) is 31.4. The normalized spacial score (nSPS) is 13.5. The van der Waals surface area contributed by atoms with E-state index < -0.39 is 0 Å². The van der Waals surface area contributed by atoms with Crippen LogP contribution in [0.3, 0.4) is 0 Å². The summed E-state index contributed by atoms with van der Waals surface area (Å²) in [7, 11) is 0. The van der Waals surface area contributed by atoms with Crippen molar-refractivity contribution in [2.24, 2.45) is 0 Å². The molecule has 13 rings (SSSR count). The largest absolute Gasteiger partial charge is 0.509 e. The number of anilines is 4. The van der Waals surface area contributed by atoms with Crippen molar-refractivity contribution in [3.8, 4) is 50.7 Å². The molecule has 0 saturated heterocycles. The molecule has 3 aromatic heterocycles. The van der Waals surface area contributed by atoms with Crippen LogP contribution in [0.5, 0.6) is 11.5 Å². The van der Waals surface area contributed by atoms with Crippen molar-refractivity contribution in [3.63, 3.8) is 0 Å². The fraction of sp³-hybridized carbons (Fsp3) is 0.302. The average Bonchev–Trinajstić information content (AvgIpc) is 1.54. The van der Waals surface area contributed by atoms with Crippen molar-refractivity contribution >= 4 is 66.5 Å². The first-order valence-electron chi connectivity index (χ1n) is 33.5. The van der Waals surface area contributed by atoms with Gasteiger partial charge in [-0.05, 0) is 142 Å². The summed E-state index contributed by atoms with van der Waals surface area (Å²) in [5.74, 6) is 2.15. The van der Waals surface area contributed by atoms with Gasteiger partial charge in [0.2, 0.25) is 0 Å². The number of rotatable bonds is 10. The van der Waals surface area contributed by atoms with Gasteiger partial charge >= 0.3 is 0 Å². The van der Waals surface area contributed by atoms with Crippen molar-refractivity contribution in [3.05, 3.63) is 234 Å². The first-order chi connectivity index (χ1) is 43.8. The first kappa shape index (κ1) is 63.6. The Balaban J connectivity index is 0.00000848. The Morgan fingerprint density at radius 3 is 1.57 bits per heavy atom. The minimum Gasteiger partial charge on any atom is -0.509 e. The van der Waals surface area contributed by atoms with Crippen LogP contribution in [0.25, 0.3) is 82.9 Å². The second-order valence-corrected chi connectivity index (χ2v) is 31.4. The van der Waals surface area contributed by atoms with Crippen LogP contribution in [0.4, 0.5) is 22.7 Å². The number of para-hydroxylation sites is 4. The van der Waals surface area contributed by atoms with Gasteiger partial charge < -0.3 is 23.5 Å². The molecular weight excluding hydrogens is 1320 g/mol. The Hall–Kier alpha value is -8.18. The summed E-state index contributed by atoms with van der Waals surface area (Å²) < 4.78 is 25.3. The third-order valence-electron chi connectivity index (χ3n) is 18.8. The van der Waals surface area contributed by atoms with Crippen LogP contribution in [-0.2, 0) is 48.1 Å². The van der Waals surface area contributed by atoms with Crippen LogP contribution in [-0.4, -0.2) is 9.55 Å². The molecule has 0 unspecified atom stereocenters. The van der Waals surface area contributed by atoms with Crippen LogP contribution in [0.15, 0.2) is 180 Å². The molecule has 1 aliphatic heterocycles. The Labute approximate surface area is 568 Å². The van der Waals surface area contributed by atoms with E-state index in [2.05, 4.69) is 310 Å². The van der Waals surface area contributed by atoms with E-state index in [1.807, 2.05) is 24.3 Å². The van der Waals surface area contributed by atoms with E-state index in [-0.39, 0.29) is 66.1 Å². The summed E-state index contributed by atoms with van der Waals surface area (Å²) >= 11 is 0. The third kappa shape index (κ3) is 12.0. The number of ether oxygens (including phenoxy) is 1. The van der Waals surface area contributed by atoms with E-state index >= 15 is 0 Å². The van der Waals surface area contributed by atoms with Crippen molar-refractivity contribution in [1.29, 1.82) is 0 Å². The standard InChI is InChI=1S/C86H89N4O2.Pt/c1-52(2)65-27-24-28-66(53(3)4)78(65)56-44-62(49-64(45-56)91-63-34-35-71-75(50-63)90(77-48-57(38-39-87-77)82(5,6)7)74-37-36-70-69-26-20-23-33-76(69)92-81(70)79(71)74)88-51-89(73-32-22-21-31-72(73)88)80-67(54-40-58(83(8,9)10)46-59(41-54)84(11,12)13)29-25-30-68(80)55-42-60(85(14,15)16)47-61(43-55)86(17,18)19;/h20-48,51-53H,1-19H3;/q-3;/i39D;. The van der Waals surface area contributed by atoms with Gasteiger partial charge in [-0.25, -0.2) is 4.98 Å². The molecule has 0 fully saturated rings. The van der Waals surface area contributed by atoms with E-state index in [4.69, 9.17) is 15.5 Å². The van der Waals surface area contributed by atoms with Gasteiger partial charge in [-0.3, -0.25) is 0 Å². The van der Waals surface area contributed by atoms with E-state index in [1.54, 1.807) is 0 Å². The zero-order valence-electron chi connectivity index (χ0n) is 58.8. The smallest absolute Gasteiger partial charge is 0.135 e. The molecular formula is C86H89N4O2Pt-3. The number of pyridine rings is 1. The van der Waals surface area contributed by atoms with Gasteiger partial charge in [0.15, 0.2) is 0 Å². The molecule has 9 aromatic carbocycles. The Bertz CT molecular complexity index is 4740. The van der Waals surface area contributed by atoms with Gasteiger partial charge in [0, 0.05) is 83.2 Å². The zero-order chi connectivity index (χ0) is 66.2. The second kappa shape index (κ2) is 23.7. The van der Waals surface area contributed by atoms with Gasteiger partial charge in [0.25, 0.3) is 0 Å². The van der Waals surface area contributed by atoms with E-state index in [0.717, 1.165) is 88.7 Å². The molecule has 1 aliphatic rings. The Morgan fingerprint density at radius 2 is 1.01 bits per heavy atom. The molecule has 478 valence electrons. The topological polar surface area (TPSA) is 46.7 Å². The summed E-state index contributed by atoms with van der Waals surface area (Å²) in [6.45, 7) is 45.9. The summed E-state index contributed by atoms with van der Waals surface area (Å²) in [6, 6.07) is 69.9. The van der Waals surface area contributed by atoms with Crippen LogP contribution >= 0.6 is 0 Å². The van der Waals surface area contributed by atoms with Gasteiger partial charge in [0.1, 0.15) is 17.0 Å². The molecule has 93 heavy (non-hydrogen) atoms. The van der Waals surface area contributed by atoms with E-state index in [9.17, 15) is 0 Å². The maximum atomic E-state index is 9.06.